The molecule has 0 saturated carbocycles. The Morgan fingerprint density at radius 1 is 1.50 bits per heavy atom. The Kier molecular flexibility index (Phi) is 6.97. The lowest BCUT2D eigenvalue weighted by atomic mass is 10.0. The fourth-order valence-electron chi connectivity index (χ4n) is 2.27. The van der Waals surface area contributed by atoms with Gasteiger partial charge in [-0.1, -0.05) is 23.7 Å². The van der Waals surface area contributed by atoms with Gasteiger partial charge in [0.15, 0.2) is 0 Å². The highest BCUT2D eigenvalue weighted by atomic mass is 35.5. The second-order valence-corrected chi connectivity index (χ2v) is 4.74. The number of methoxy groups -OCH3 is 1. The predicted molar refractivity (Wildman–Crippen MR) is 77.8 cm³/mol. The van der Waals surface area contributed by atoms with Crippen LogP contribution in [-0.4, -0.2) is 44.8 Å². The number of rotatable bonds is 4. The van der Waals surface area contributed by atoms with Crippen LogP contribution in [0.25, 0.3) is 0 Å². The molecule has 0 aliphatic carbocycles. The van der Waals surface area contributed by atoms with Gasteiger partial charge in [0.25, 0.3) is 0 Å². The minimum atomic E-state index is 0. The second-order valence-electron chi connectivity index (χ2n) is 4.30. The van der Waals surface area contributed by atoms with Crippen LogP contribution in [0.1, 0.15) is 11.6 Å². The van der Waals surface area contributed by atoms with Crippen LogP contribution in [0.3, 0.4) is 0 Å². The summed E-state index contributed by atoms with van der Waals surface area (Å²) in [7, 11) is 1.75. The van der Waals surface area contributed by atoms with Crippen LogP contribution in [0.5, 0.6) is 0 Å². The standard InChI is InChI=1S/C13H19ClN2O.ClH/c1-17-8-7-16-6-5-15-10-13(16)11-3-2-4-12(14)9-11;/h2-4,9,13,15H,5-8,10H2,1H3;1H. The van der Waals surface area contributed by atoms with Gasteiger partial charge in [-0.3, -0.25) is 4.90 Å². The first kappa shape index (κ1) is 15.7. The Bertz CT molecular complexity index is 363. The van der Waals surface area contributed by atoms with Gasteiger partial charge in [-0.15, -0.1) is 12.4 Å². The number of nitrogens with zero attached hydrogens (tertiary/aromatic N) is 1. The van der Waals surface area contributed by atoms with Gasteiger partial charge in [0.1, 0.15) is 0 Å². The summed E-state index contributed by atoms with van der Waals surface area (Å²) in [4.78, 5) is 2.45. The average molecular weight is 291 g/mol. The molecule has 1 N–H and O–H groups in total. The van der Waals surface area contributed by atoms with E-state index in [1.165, 1.54) is 5.56 Å². The fourth-order valence-corrected chi connectivity index (χ4v) is 2.46. The van der Waals surface area contributed by atoms with Gasteiger partial charge in [0, 0.05) is 44.4 Å². The van der Waals surface area contributed by atoms with E-state index in [0.29, 0.717) is 6.04 Å². The van der Waals surface area contributed by atoms with Crippen LogP contribution in [-0.2, 0) is 4.74 Å². The highest BCUT2D eigenvalue weighted by molar-refractivity contribution is 6.30. The highest BCUT2D eigenvalue weighted by Crippen LogP contribution is 2.24. The Balaban J connectivity index is 0.00000162. The summed E-state index contributed by atoms with van der Waals surface area (Å²) in [6.45, 7) is 4.82. The molecule has 0 bridgehead atoms. The van der Waals surface area contributed by atoms with Crippen molar-refractivity contribution in [1.29, 1.82) is 0 Å². The monoisotopic (exact) mass is 290 g/mol. The van der Waals surface area contributed by atoms with E-state index in [-0.39, 0.29) is 12.4 Å². The molecule has 0 aromatic heterocycles. The molecule has 0 amide bonds. The zero-order chi connectivity index (χ0) is 12.1. The van der Waals surface area contributed by atoms with Crippen LogP contribution >= 0.6 is 24.0 Å². The summed E-state index contributed by atoms with van der Waals surface area (Å²) in [6.07, 6.45) is 0. The largest absolute Gasteiger partial charge is 0.383 e. The van der Waals surface area contributed by atoms with Crippen LogP contribution in [0.4, 0.5) is 0 Å². The maximum Gasteiger partial charge on any atom is 0.0589 e. The number of hydrogen-bond donors (Lipinski definition) is 1. The van der Waals surface area contributed by atoms with Crippen LogP contribution in [0, 0.1) is 0 Å². The number of piperazine rings is 1. The van der Waals surface area contributed by atoms with Crippen molar-refractivity contribution in [2.75, 3.05) is 39.9 Å². The molecule has 3 nitrogen and oxygen atoms in total. The zero-order valence-electron chi connectivity index (χ0n) is 10.6. The molecule has 1 aliphatic rings. The first-order chi connectivity index (χ1) is 8.31. The third-order valence-corrected chi connectivity index (χ3v) is 3.41. The minimum Gasteiger partial charge on any atom is -0.383 e. The molecule has 1 aromatic carbocycles. The maximum absolute atomic E-state index is 6.05. The quantitative estimate of drug-likeness (QED) is 0.921. The molecule has 1 aromatic rings. The second kappa shape index (κ2) is 7.97. The predicted octanol–water partition coefficient (Wildman–Crippen LogP) is 2.35. The lowest BCUT2D eigenvalue weighted by molar-refractivity contribution is 0.104. The average Bonchev–Trinajstić information content (AvgIpc) is 2.37. The number of halogens is 2. The van der Waals surface area contributed by atoms with Crippen LogP contribution in [0.2, 0.25) is 5.02 Å². The molecule has 0 radical (unpaired) electrons. The molecule has 0 spiro atoms. The summed E-state index contributed by atoms with van der Waals surface area (Å²) in [5, 5.41) is 4.24. The Morgan fingerprint density at radius 3 is 3.06 bits per heavy atom. The third kappa shape index (κ3) is 4.11. The molecule has 1 heterocycles. The van der Waals surface area contributed by atoms with Crippen molar-refractivity contribution in [2.24, 2.45) is 0 Å². The molecular weight excluding hydrogens is 271 g/mol. The summed E-state index contributed by atoms with van der Waals surface area (Å²) < 4.78 is 5.16. The van der Waals surface area contributed by atoms with E-state index in [0.717, 1.165) is 37.8 Å². The van der Waals surface area contributed by atoms with Gasteiger partial charge in [-0.2, -0.15) is 0 Å². The van der Waals surface area contributed by atoms with E-state index >= 15 is 0 Å². The summed E-state index contributed by atoms with van der Waals surface area (Å²) in [5.41, 5.74) is 1.28. The molecule has 2 rings (SSSR count). The van der Waals surface area contributed by atoms with Crippen molar-refractivity contribution in [1.82, 2.24) is 10.2 Å². The highest BCUT2D eigenvalue weighted by Gasteiger charge is 2.23. The van der Waals surface area contributed by atoms with Crippen molar-refractivity contribution in [3.63, 3.8) is 0 Å². The molecule has 5 heteroatoms. The first-order valence-electron chi connectivity index (χ1n) is 6.00. The number of ether oxygens (including phenoxy) is 1. The molecular formula is C13H20Cl2N2O. The fraction of sp³-hybridized carbons (Fsp3) is 0.538. The molecule has 102 valence electrons. The molecule has 1 saturated heterocycles. The molecule has 1 aliphatic heterocycles. The zero-order valence-corrected chi connectivity index (χ0v) is 12.1. The topological polar surface area (TPSA) is 24.5 Å². The SMILES string of the molecule is COCCN1CCNCC1c1cccc(Cl)c1.Cl. The van der Waals surface area contributed by atoms with E-state index < -0.39 is 0 Å². The Morgan fingerprint density at radius 2 is 2.33 bits per heavy atom. The lowest BCUT2D eigenvalue weighted by Gasteiger charge is -2.36. The van der Waals surface area contributed by atoms with Gasteiger partial charge in [-0.05, 0) is 17.7 Å². The summed E-state index contributed by atoms with van der Waals surface area (Å²) in [5.74, 6) is 0. The van der Waals surface area contributed by atoms with Gasteiger partial charge in [0.05, 0.1) is 6.61 Å². The van der Waals surface area contributed by atoms with Crippen molar-refractivity contribution >= 4 is 24.0 Å². The van der Waals surface area contributed by atoms with E-state index in [4.69, 9.17) is 16.3 Å². The van der Waals surface area contributed by atoms with Crippen LogP contribution in [0.15, 0.2) is 24.3 Å². The van der Waals surface area contributed by atoms with Crippen molar-refractivity contribution < 1.29 is 4.74 Å². The van der Waals surface area contributed by atoms with Crippen molar-refractivity contribution in [3.05, 3.63) is 34.9 Å². The van der Waals surface area contributed by atoms with Gasteiger partial charge in [0.2, 0.25) is 0 Å². The van der Waals surface area contributed by atoms with E-state index in [2.05, 4.69) is 22.3 Å². The maximum atomic E-state index is 6.05. The minimum absolute atomic E-state index is 0. The van der Waals surface area contributed by atoms with E-state index in [9.17, 15) is 0 Å². The summed E-state index contributed by atoms with van der Waals surface area (Å²) in [6, 6.07) is 8.53. The first-order valence-corrected chi connectivity index (χ1v) is 6.38. The van der Waals surface area contributed by atoms with Gasteiger partial charge >= 0.3 is 0 Å². The smallest absolute Gasteiger partial charge is 0.0589 e. The number of nitrogens with one attached hydrogen (secondary N) is 1. The van der Waals surface area contributed by atoms with Crippen LogP contribution < -0.4 is 5.32 Å². The number of benzene rings is 1. The number of hydrogen-bond acceptors (Lipinski definition) is 3. The molecule has 18 heavy (non-hydrogen) atoms. The summed E-state index contributed by atoms with van der Waals surface area (Å²) >= 11 is 6.05. The Hall–Kier alpha value is -0.320. The van der Waals surface area contributed by atoms with E-state index in [1.807, 2.05) is 12.1 Å². The Labute approximate surface area is 120 Å². The van der Waals surface area contributed by atoms with Crippen molar-refractivity contribution in [2.45, 2.75) is 6.04 Å². The molecule has 1 fully saturated rings. The lowest BCUT2D eigenvalue weighted by Crippen LogP contribution is -2.47. The normalized spacial score (nSPS) is 20.4. The molecule has 1 unspecified atom stereocenters. The van der Waals surface area contributed by atoms with Crippen molar-refractivity contribution in [3.8, 4) is 0 Å². The molecule has 1 atom stereocenters. The third-order valence-electron chi connectivity index (χ3n) is 3.17. The van der Waals surface area contributed by atoms with Gasteiger partial charge < -0.3 is 10.1 Å². The van der Waals surface area contributed by atoms with E-state index in [1.54, 1.807) is 7.11 Å². The van der Waals surface area contributed by atoms with Gasteiger partial charge in [-0.25, -0.2) is 0 Å².